The van der Waals surface area contributed by atoms with E-state index in [2.05, 4.69) is 10.6 Å². The minimum Gasteiger partial charge on any atom is -0.492 e. The maximum atomic E-state index is 12.3. The Balaban J connectivity index is 1.83. The van der Waals surface area contributed by atoms with Crippen LogP contribution in [0.15, 0.2) is 54.6 Å². The Morgan fingerprint density at radius 2 is 1.88 bits per heavy atom. The van der Waals surface area contributed by atoms with Crippen molar-refractivity contribution in [1.82, 2.24) is 10.6 Å². The molecule has 0 radical (unpaired) electrons. The van der Waals surface area contributed by atoms with Crippen molar-refractivity contribution in [3.63, 3.8) is 0 Å². The number of hydrogen-bond acceptors (Lipinski definition) is 3. The zero-order valence-electron chi connectivity index (χ0n) is 14.2. The normalized spacial score (nSPS) is 11.4. The average molecular weight is 341 g/mol. The second-order valence-corrected chi connectivity index (χ2v) is 5.71. The third-order valence-corrected chi connectivity index (χ3v) is 3.58. The number of benzene rings is 2. The first kappa shape index (κ1) is 18.3. The molecule has 0 aromatic heterocycles. The summed E-state index contributed by atoms with van der Waals surface area (Å²) in [6.07, 6.45) is 0.369. The van der Waals surface area contributed by atoms with Gasteiger partial charge in [0, 0.05) is 6.42 Å². The predicted octanol–water partition coefficient (Wildman–Crippen LogP) is 1.77. The van der Waals surface area contributed by atoms with Crippen LogP contribution >= 0.6 is 0 Å². The molecule has 2 aromatic rings. The Hall–Kier alpha value is -3.02. The molecule has 0 saturated heterocycles. The average Bonchev–Trinajstić information content (AvgIpc) is 2.58. The second-order valence-electron chi connectivity index (χ2n) is 5.71. The Morgan fingerprint density at radius 3 is 2.56 bits per heavy atom. The Kier molecular flexibility index (Phi) is 6.83. The molecule has 0 aliphatic carbocycles. The van der Waals surface area contributed by atoms with Crippen LogP contribution < -0.4 is 21.1 Å². The molecule has 0 spiro atoms. The topological polar surface area (TPSA) is 93.4 Å². The van der Waals surface area contributed by atoms with Crippen LogP contribution in [0.2, 0.25) is 0 Å². The number of nitrogens with two attached hydrogens (primary N) is 1. The molecule has 0 fully saturated rings. The van der Waals surface area contributed by atoms with Crippen molar-refractivity contribution in [2.45, 2.75) is 19.4 Å². The minimum absolute atomic E-state index is 0.296. The summed E-state index contributed by atoms with van der Waals surface area (Å²) in [6, 6.07) is 15.7. The SMILES string of the molecule is Cc1cccc(OCCNC(=O)[C@H](Cc2ccccc2)NC(N)=O)c1. The number of rotatable bonds is 8. The van der Waals surface area contributed by atoms with Crippen LogP contribution in [0.1, 0.15) is 11.1 Å². The maximum absolute atomic E-state index is 12.3. The number of carbonyl (C=O) groups is 2. The van der Waals surface area contributed by atoms with Gasteiger partial charge in [0.1, 0.15) is 18.4 Å². The number of amides is 3. The number of aryl methyl sites for hydroxylation is 1. The largest absolute Gasteiger partial charge is 0.492 e. The summed E-state index contributed by atoms with van der Waals surface area (Å²) in [5.41, 5.74) is 7.22. The third-order valence-electron chi connectivity index (χ3n) is 3.58. The predicted molar refractivity (Wildman–Crippen MR) is 96.3 cm³/mol. The second kappa shape index (κ2) is 9.32. The molecule has 4 N–H and O–H groups in total. The van der Waals surface area contributed by atoms with E-state index in [9.17, 15) is 9.59 Å². The van der Waals surface area contributed by atoms with Gasteiger partial charge in [-0.05, 0) is 30.2 Å². The molecule has 3 amide bonds. The van der Waals surface area contributed by atoms with Crippen LogP contribution in [-0.2, 0) is 11.2 Å². The van der Waals surface area contributed by atoms with Gasteiger partial charge >= 0.3 is 6.03 Å². The van der Waals surface area contributed by atoms with E-state index in [4.69, 9.17) is 10.5 Å². The Labute approximate surface area is 147 Å². The number of carbonyl (C=O) groups excluding carboxylic acids is 2. The maximum Gasteiger partial charge on any atom is 0.312 e. The van der Waals surface area contributed by atoms with Gasteiger partial charge in [0.05, 0.1) is 6.54 Å². The highest BCUT2D eigenvalue weighted by Gasteiger charge is 2.19. The summed E-state index contributed by atoms with van der Waals surface area (Å²) in [7, 11) is 0. The standard InChI is InChI=1S/C19H23N3O3/c1-14-6-5-9-16(12-14)25-11-10-21-18(23)17(22-19(20)24)13-15-7-3-2-4-8-15/h2-9,12,17H,10-11,13H2,1H3,(H,21,23)(H3,20,22,24)/t17-/m0/s1. The Bertz CT molecular complexity index is 704. The number of urea groups is 1. The zero-order valence-corrected chi connectivity index (χ0v) is 14.2. The lowest BCUT2D eigenvalue weighted by atomic mass is 10.1. The molecule has 0 unspecified atom stereocenters. The van der Waals surface area contributed by atoms with Crippen molar-refractivity contribution in [1.29, 1.82) is 0 Å². The van der Waals surface area contributed by atoms with Gasteiger partial charge in [0.15, 0.2) is 0 Å². The van der Waals surface area contributed by atoms with Gasteiger partial charge in [-0.2, -0.15) is 0 Å². The monoisotopic (exact) mass is 341 g/mol. The van der Waals surface area contributed by atoms with Crippen LogP contribution in [0, 0.1) is 6.92 Å². The summed E-state index contributed by atoms with van der Waals surface area (Å²) in [4.78, 5) is 23.5. The van der Waals surface area contributed by atoms with Crippen molar-refractivity contribution in [2.24, 2.45) is 5.73 Å². The van der Waals surface area contributed by atoms with Crippen molar-refractivity contribution in [2.75, 3.05) is 13.2 Å². The van der Waals surface area contributed by atoms with Crippen LogP contribution in [-0.4, -0.2) is 31.1 Å². The van der Waals surface area contributed by atoms with Crippen LogP contribution in [0.3, 0.4) is 0 Å². The van der Waals surface area contributed by atoms with Gasteiger partial charge in [-0.25, -0.2) is 4.79 Å². The van der Waals surface area contributed by atoms with E-state index in [0.29, 0.717) is 19.6 Å². The van der Waals surface area contributed by atoms with Crippen molar-refractivity contribution < 1.29 is 14.3 Å². The van der Waals surface area contributed by atoms with Crippen LogP contribution in [0.5, 0.6) is 5.75 Å². The number of ether oxygens (including phenoxy) is 1. The van der Waals surface area contributed by atoms with Crippen molar-refractivity contribution in [3.8, 4) is 5.75 Å². The van der Waals surface area contributed by atoms with E-state index in [1.807, 2.05) is 61.5 Å². The molecule has 132 valence electrons. The van der Waals surface area contributed by atoms with Gasteiger partial charge in [-0.3, -0.25) is 4.79 Å². The minimum atomic E-state index is -0.730. The van der Waals surface area contributed by atoms with Gasteiger partial charge in [-0.1, -0.05) is 42.5 Å². The first-order valence-electron chi connectivity index (χ1n) is 8.11. The summed E-state index contributed by atoms with van der Waals surface area (Å²) < 4.78 is 5.59. The first-order chi connectivity index (χ1) is 12.0. The molecule has 0 aliphatic heterocycles. The Morgan fingerprint density at radius 1 is 1.12 bits per heavy atom. The quantitative estimate of drug-likeness (QED) is 0.639. The molecular weight excluding hydrogens is 318 g/mol. The smallest absolute Gasteiger partial charge is 0.312 e. The molecule has 1 atom stereocenters. The van der Waals surface area contributed by atoms with E-state index >= 15 is 0 Å². The molecule has 6 heteroatoms. The van der Waals surface area contributed by atoms with Crippen LogP contribution in [0.25, 0.3) is 0 Å². The number of primary amides is 1. The molecule has 0 aliphatic rings. The molecule has 0 bridgehead atoms. The number of nitrogens with one attached hydrogen (secondary N) is 2. The fourth-order valence-corrected chi connectivity index (χ4v) is 2.40. The van der Waals surface area contributed by atoms with E-state index in [-0.39, 0.29) is 5.91 Å². The van der Waals surface area contributed by atoms with Gasteiger partial charge in [-0.15, -0.1) is 0 Å². The molecule has 0 heterocycles. The molecular formula is C19H23N3O3. The third kappa shape index (κ3) is 6.55. The highest BCUT2D eigenvalue weighted by molar-refractivity contribution is 5.86. The molecule has 2 aromatic carbocycles. The van der Waals surface area contributed by atoms with Crippen molar-refractivity contribution >= 4 is 11.9 Å². The van der Waals surface area contributed by atoms with E-state index in [0.717, 1.165) is 16.9 Å². The zero-order chi connectivity index (χ0) is 18.1. The van der Waals surface area contributed by atoms with Crippen molar-refractivity contribution in [3.05, 3.63) is 65.7 Å². The fourth-order valence-electron chi connectivity index (χ4n) is 2.40. The number of hydrogen-bond donors (Lipinski definition) is 3. The van der Waals surface area contributed by atoms with E-state index in [1.54, 1.807) is 0 Å². The lowest BCUT2D eigenvalue weighted by Gasteiger charge is -2.17. The van der Waals surface area contributed by atoms with Gasteiger partial charge in [0.2, 0.25) is 5.91 Å². The van der Waals surface area contributed by atoms with Crippen LogP contribution in [0.4, 0.5) is 4.79 Å². The van der Waals surface area contributed by atoms with E-state index < -0.39 is 12.1 Å². The fraction of sp³-hybridized carbons (Fsp3) is 0.263. The summed E-state index contributed by atoms with van der Waals surface area (Å²) in [5.74, 6) is 0.459. The highest BCUT2D eigenvalue weighted by atomic mass is 16.5. The highest BCUT2D eigenvalue weighted by Crippen LogP contribution is 2.11. The van der Waals surface area contributed by atoms with Gasteiger partial charge < -0.3 is 21.1 Å². The summed E-state index contributed by atoms with van der Waals surface area (Å²) in [5, 5.41) is 5.24. The molecule has 2 rings (SSSR count). The molecule has 6 nitrogen and oxygen atoms in total. The molecule has 25 heavy (non-hydrogen) atoms. The van der Waals surface area contributed by atoms with E-state index in [1.165, 1.54) is 0 Å². The first-order valence-corrected chi connectivity index (χ1v) is 8.11. The van der Waals surface area contributed by atoms with Gasteiger partial charge in [0.25, 0.3) is 0 Å². The summed E-state index contributed by atoms with van der Waals surface area (Å²) in [6.45, 7) is 2.65. The lowest BCUT2D eigenvalue weighted by molar-refractivity contribution is -0.123. The summed E-state index contributed by atoms with van der Waals surface area (Å²) >= 11 is 0. The lowest BCUT2D eigenvalue weighted by Crippen LogP contribution is -2.50. The molecule has 0 saturated carbocycles.